The normalized spacial score (nSPS) is 11.9. The number of hydrogen-bond acceptors (Lipinski definition) is 6. The number of ether oxygens (including phenoxy) is 1. The molecule has 0 aliphatic rings. The van der Waals surface area contributed by atoms with Crippen LogP contribution in [0.5, 0.6) is 5.75 Å². The van der Waals surface area contributed by atoms with Crippen LogP contribution in [-0.2, 0) is 20.7 Å². The first-order valence-electron chi connectivity index (χ1n) is 4.92. The van der Waals surface area contributed by atoms with E-state index in [4.69, 9.17) is 10.3 Å². The van der Waals surface area contributed by atoms with Crippen molar-refractivity contribution >= 4 is 11.9 Å². The van der Waals surface area contributed by atoms with Crippen LogP contribution in [0.1, 0.15) is 12.5 Å². The second-order valence-electron chi connectivity index (χ2n) is 3.46. The van der Waals surface area contributed by atoms with Crippen LogP contribution in [0.4, 0.5) is 0 Å². The van der Waals surface area contributed by atoms with Crippen LogP contribution < -0.4 is 5.48 Å². The molecule has 1 aromatic carbocycles. The zero-order valence-electron chi connectivity index (χ0n) is 9.21. The lowest BCUT2D eigenvalue weighted by atomic mass is 10.1. The molecule has 17 heavy (non-hydrogen) atoms. The van der Waals surface area contributed by atoms with Gasteiger partial charge in [0, 0.05) is 13.3 Å². The molecule has 92 valence electrons. The molecule has 3 N–H and O–H groups in total. The van der Waals surface area contributed by atoms with Gasteiger partial charge in [0.05, 0.1) is 0 Å². The number of aromatic hydroxyl groups is 1. The molecule has 0 fully saturated rings. The predicted molar refractivity (Wildman–Crippen MR) is 57.3 cm³/mol. The summed E-state index contributed by atoms with van der Waals surface area (Å²) >= 11 is 0. The number of phenols is 1. The standard InChI is InChI=1S/C11H13NO5/c1-7(13)17-11(15)10(12-16)6-8-2-4-9(14)5-3-8/h2-5,10,12,14,16H,6H2,1H3/t10-/m0/s1. The second kappa shape index (κ2) is 5.97. The third-order valence-corrected chi connectivity index (χ3v) is 2.06. The lowest BCUT2D eigenvalue weighted by molar-refractivity contribution is -0.161. The third kappa shape index (κ3) is 4.21. The number of carbonyl (C=O) groups excluding carboxylic acids is 2. The Balaban J connectivity index is 2.66. The largest absolute Gasteiger partial charge is 0.508 e. The monoisotopic (exact) mass is 239 g/mol. The third-order valence-electron chi connectivity index (χ3n) is 2.06. The zero-order chi connectivity index (χ0) is 12.8. The summed E-state index contributed by atoms with van der Waals surface area (Å²) in [5.74, 6) is -1.48. The molecule has 0 aliphatic carbocycles. The number of esters is 2. The highest BCUT2D eigenvalue weighted by atomic mass is 16.6. The van der Waals surface area contributed by atoms with Crippen molar-refractivity contribution in [2.24, 2.45) is 0 Å². The van der Waals surface area contributed by atoms with Crippen LogP contribution in [-0.4, -0.2) is 28.3 Å². The fourth-order valence-electron chi connectivity index (χ4n) is 1.26. The highest BCUT2D eigenvalue weighted by Crippen LogP contribution is 2.11. The van der Waals surface area contributed by atoms with E-state index in [2.05, 4.69) is 4.74 Å². The Kier molecular flexibility index (Phi) is 4.62. The van der Waals surface area contributed by atoms with Crippen molar-refractivity contribution in [3.8, 4) is 5.75 Å². The van der Waals surface area contributed by atoms with E-state index in [1.165, 1.54) is 12.1 Å². The van der Waals surface area contributed by atoms with E-state index >= 15 is 0 Å². The predicted octanol–water partition coefficient (Wildman–Crippen LogP) is 0.372. The molecule has 1 rings (SSSR count). The molecule has 0 spiro atoms. The number of phenolic OH excluding ortho intramolecular Hbond substituents is 1. The van der Waals surface area contributed by atoms with Gasteiger partial charge in [0.1, 0.15) is 11.8 Å². The van der Waals surface area contributed by atoms with Gasteiger partial charge in [-0.1, -0.05) is 12.1 Å². The minimum Gasteiger partial charge on any atom is -0.508 e. The molecule has 0 heterocycles. The first-order valence-corrected chi connectivity index (χ1v) is 4.92. The molecule has 0 aromatic heterocycles. The summed E-state index contributed by atoms with van der Waals surface area (Å²) in [5.41, 5.74) is 2.48. The molecule has 6 nitrogen and oxygen atoms in total. The molecular weight excluding hydrogens is 226 g/mol. The van der Waals surface area contributed by atoms with Gasteiger partial charge in [-0.2, -0.15) is 5.48 Å². The molecule has 6 heteroatoms. The zero-order valence-corrected chi connectivity index (χ0v) is 9.21. The van der Waals surface area contributed by atoms with Gasteiger partial charge in [0.15, 0.2) is 0 Å². The fraction of sp³-hybridized carbons (Fsp3) is 0.273. The minimum atomic E-state index is -1.02. The Morgan fingerprint density at radius 2 is 1.94 bits per heavy atom. The van der Waals surface area contributed by atoms with Gasteiger partial charge in [-0.25, -0.2) is 4.79 Å². The summed E-state index contributed by atoms with van der Waals surface area (Å²) < 4.78 is 4.35. The van der Waals surface area contributed by atoms with Gasteiger partial charge in [0.2, 0.25) is 0 Å². The van der Waals surface area contributed by atoms with Crippen molar-refractivity contribution in [1.82, 2.24) is 5.48 Å². The number of rotatable bonds is 4. The highest BCUT2D eigenvalue weighted by Gasteiger charge is 2.21. The van der Waals surface area contributed by atoms with Crippen LogP contribution in [0.2, 0.25) is 0 Å². The molecule has 0 radical (unpaired) electrons. The molecule has 0 amide bonds. The van der Waals surface area contributed by atoms with Crippen LogP contribution in [0, 0.1) is 0 Å². The molecule has 1 aromatic rings. The van der Waals surface area contributed by atoms with E-state index in [9.17, 15) is 9.59 Å². The average molecular weight is 239 g/mol. The van der Waals surface area contributed by atoms with E-state index < -0.39 is 18.0 Å². The van der Waals surface area contributed by atoms with Crippen molar-refractivity contribution in [3.05, 3.63) is 29.8 Å². The topological polar surface area (TPSA) is 95.9 Å². The van der Waals surface area contributed by atoms with Gasteiger partial charge >= 0.3 is 11.9 Å². The van der Waals surface area contributed by atoms with Crippen molar-refractivity contribution in [2.45, 2.75) is 19.4 Å². The molecule has 0 saturated heterocycles. The molecule has 0 saturated carbocycles. The minimum absolute atomic E-state index is 0.105. The summed E-state index contributed by atoms with van der Waals surface area (Å²) in [7, 11) is 0. The maximum Gasteiger partial charge on any atom is 0.333 e. The number of hydrogen-bond donors (Lipinski definition) is 3. The first-order chi connectivity index (χ1) is 8.02. The molecular formula is C11H13NO5. The molecule has 0 unspecified atom stereocenters. The Bertz CT molecular complexity index is 401. The summed E-state index contributed by atoms with van der Waals surface area (Å²) in [6.07, 6.45) is 0.142. The smallest absolute Gasteiger partial charge is 0.333 e. The van der Waals surface area contributed by atoms with Gasteiger partial charge in [0.25, 0.3) is 0 Å². The van der Waals surface area contributed by atoms with Crippen molar-refractivity contribution < 1.29 is 24.6 Å². The first kappa shape index (κ1) is 13.1. The van der Waals surface area contributed by atoms with Crippen molar-refractivity contribution in [1.29, 1.82) is 0 Å². The highest BCUT2D eigenvalue weighted by molar-refractivity contribution is 5.87. The van der Waals surface area contributed by atoms with Crippen LogP contribution in [0.15, 0.2) is 24.3 Å². The Hall–Kier alpha value is -1.92. The molecule has 0 aliphatic heterocycles. The van der Waals surface area contributed by atoms with Crippen LogP contribution in [0.25, 0.3) is 0 Å². The van der Waals surface area contributed by atoms with E-state index in [0.717, 1.165) is 6.92 Å². The van der Waals surface area contributed by atoms with E-state index in [1.807, 2.05) is 0 Å². The van der Waals surface area contributed by atoms with Crippen molar-refractivity contribution in [3.63, 3.8) is 0 Å². The van der Waals surface area contributed by atoms with Gasteiger partial charge in [-0.3, -0.25) is 4.79 Å². The maximum atomic E-state index is 11.3. The quantitative estimate of drug-likeness (QED) is 0.399. The van der Waals surface area contributed by atoms with Gasteiger partial charge in [-0.05, 0) is 17.7 Å². The molecule has 0 bridgehead atoms. The Morgan fingerprint density at radius 3 is 2.41 bits per heavy atom. The SMILES string of the molecule is CC(=O)OC(=O)[C@H](Cc1ccc(O)cc1)NO. The number of hydroxylamine groups is 1. The summed E-state index contributed by atoms with van der Waals surface area (Å²) in [6, 6.07) is 5.09. The lowest BCUT2D eigenvalue weighted by Crippen LogP contribution is -2.38. The fourth-order valence-corrected chi connectivity index (χ4v) is 1.26. The van der Waals surface area contributed by atoms with E-state index in [-0.39, 0.29) is 12.2 Å². The summed E-state index contributed by atoms with van der Waals surface area (Å²) in [6.45, 7) is 1.10. The van der Waals surface area contributed by atoms with E-state index in [1.54, 1.807) is 17.6 Å². The van der Waals surface area contributed by atoms with Crippen LogP contribution >= 0.6 is 0 Å². The van der Waals surface area contributed by atoms with E-state index in [0.29, 0.717) is 5.56 Å². The summed E-state index contributed by atoms with van der Waals surface area (Å²) in [4.78, 5) is 21.9. The average Bonchev–Trinajstić information content (AvgIpc) is 2.27. The van der Waals surface area contributed by atoms with Gasteiger partial charge in [-0.15, -0.1) is 0 Å². The van der Waals surface area contributed by atoms with Crippen LogP contribution in [0.3, 0.4) is 0 Å². The number of nitrogens with one attached hydrogen (secondary N) is 1. The number of benzene rings is 1. The second-order valence-corrected chi connectivity index (χ2v) is 3.46. The Morgan fingerprint density at radius 1 is 1.35 bits per heavy atom. The Labute approximate surface area is 97.8 Å². The maximum absolute atomic E-state index is 11.3. The van der Waals surface area contributed by atoms with Crippen molar-refractivity contribution in [2.75, 3.05) is 0 Å². The summed E-state index contributed by atoms with van der Waals surface area (Å²) in [5, 5.41) is 17.9. The lowest BCUT2D eigenvalue weighted by Gasteiger charge is -2.12. The molecule has 1 atom stereocenters. The number of carbonyl (C=O) groups is 2. The van der Waals surface area contributed by atoms with Gasteiger partial charge < -0.3 is 15.1 Å².